The monoisotopic (exact) mass is 330 g/mol. The average Bonchev–Trinajstić information content (AvgIpc) is 3.18. The minimum absolute atomic E-state index is 0.304. The molecular formula is C19H30N4O. The number of aromatic nitrogens is 2. The van der Waals surface area contributed by atoms with E-state index in [0.717, 1.165) is 39.0 Å². The molecular weight excluding hydrogens is 300 g/mol. The van der Waals surface area contributed by atoms with Crippen LogP contribution in [-0.4, -0.2) is 46.8 Å². The van der Waals surface area contributed by atoms with E-state index in [9.17, 15) is 4.79 Å². The van der Waals surface area contributed by atoms with Crippen LogP contribution in [0, 0.1) is 5.41 Å². The number of nitrogens with one attached hydrogen (secondary N) is 1. The Kier molecular flexibility index (Phi) is 4.37. The van der Waals surface area contributed by atoms with Crippen molar-refractivity contribution in [3.8, 4) is 0 Å². The van der Waals surface area contributed by atoms with Crippen molar-refractivity contribution in [2.75, 3.05) is 26.2 Å². The highest BCUT2D eigenvalue weighted by atomic mass is 16.2. The van der Waals surface area contributed by atoms with Crippen molar-refractivity contribution in [2.24, 2.45) is 5.41 Å². The number of amides is 1. The van der Waals surface area contributed by atoms with Gasteiger partial charge in [0, 0.05) is 25.5 Å². The van der Waals surface area contributed by atoms with Crippen LogP contribution >= 0.6 is 0 Å². The number of piperidine rings is 2. The molecule has 5 nitrogen and oxygen atoms in total. The van der Waals surface area contributed by atoms with Gasteiger partial charge in [-0.15, -0.1) is 0 Å². The molecule has 0 bridgehead atoms. The summed E-state index contributed by atoms with van der Waals surface area (Å²) in [5.74, 6) is 0.304. The van der Waals surface area contributed by atoms with Gasteiger partial charge in [-0.25, -0.2) is 0 Å². The molecule has 132 valence electrons. The zero-order valence-corrected chi connectivity index (χ0v) is 14.7. The van der Waals surface area contributed by atoms with Crippen LogP contribution < -0.4 is 5.32 Å². The molecule has 3 aliphatic rings. The van der Waals surface area contributed by atoms with Crippen LogP contribution in [-0.2, 0) is 10.3 Å². The van der Waals surface area contributed by atoms with Crippen LogP contribution in [0.1, 0.15) is 57.8 Å². The van der Waals surface area contributed by atoms with Gasteiger partial charge in [-0.1, -0.05) is 19.3 Å². The summed E-state index contributed by atoms with van der Waals surface area (Å²) in [6.07, 6.45) is 14.8. The molecule has 1 aromatic heterocycles. The molecule has 2 aliphatic heterocycles. The third-order valence-electron chi connectivity index (χ3n) is 6.80. The minimum atomic E-state index is -0.466. The highest BCUT2D eigenvalue weighted by molar-refractivity contribution is 5.84. The molecule has 5 heteroatoms. The lowest BCUT2D eigenvalue weighted by atomic mass is 9.68. The van der Waals surface area contributed by atoms with Gasteiger partial charge in [-0.3, -0.25) is 9.48 Å². The van der Waals surface area contributed by atoms with E-state index in [4.69, 9.17) is 0 Å². The van der Waals surface area contributed by atoms with E-state index in [1.165, 1.54) is 44.9 Å². The Bertz CT molecular complexity index is 546. The summed E-state index contributed by atoms with van der Waals surface area (Å²) in [4.78, 5) is 15.6. The first-order chi connectivity index (χ1) is 11.7. The summed E-state index contributed by atoms with van der Waals surface area (Å²) in [5, 5.41) is 7.85. The number of rotatable bonds is 2. The van der Waals surface area contributed by atoms with E-state index in [0.29, 0.717) is 11.3 Å². The fraction of sp³-hybridized carbons (Fsp3) is 0.789. The first-order valence-corrected chi connectivity index (χ1v) is 9.75. The molecule has 3 fully saturated rings. The van der Waals surface area contributed by atoms with E-state index < -0.39 is 5.54 Å². The summed E-state index contributed by atoms with van der Waals surface area (Å²) >= 11 is 0. The van der Waals surface area contributed by atoms with E-state index in [1.807, 2.05) is 16.9 Å². The van der Waals surface area contributed by atoms with Gasteiger partial charge in [0.25, 0.3) is 5.91 Å². The smallest absolute Gasteiger partial charge is 0.250 e. The summed E-state index contributed by atoms with van der Waals surface area (Å²) in [6.45, 7) is 3.66. The Morgan fingerprint density at radius 2 is 1.67 bits per heavy atom. The van der Waals surface area contributed by atoms with E-state index in [1.54, 1.807) is 6.20 Å². The molecule has 1 saturated carbocycles. The molecule has 4 rings (SSSR count). The van der Waals surface area contributed by atoms with E-state index >= 15 is 0 Å². The lowest BCUT2D eigenvalue weighted by molar-refractivity contribution is -0.146. The zero-order valence-electron chi connectivity index (χ0n) is 14.7. The third kappa shape index (κ3) is 2.77. The minimum Gasteiger partial charge on any atom is -0.341 e. The van der Waals surface area contributed by atoms with Gasteiger partial charge in [0.2, 0.25) is 0 Å². The number of carbonyl (C=O) groups is 1. The van der Waals surface area contributed by atoms with Crippen LogP contribution in [0.5, 0.6) is 0 Å². The van der Waals surface area contributed by atoms with Crippen LogP contribution in [0.25, 0.3) is 0 Å². The molecule has 24 heavy (non-hydrogen) atoms. The van der Waals surface area contributed by atoms with Crippen molar-refractivity contribution in [3.05, 3.63) is 18.5 Å². The maximum Gasteiger partial charge on any atom is 0.250 e. The maximum atomic E-state index is 13.5. The van der Waals surface area contributed by atoms with Gasteiger partial charge in [-0.2, -0.15) is 5.10 Å². The summed E-state index contributed by atoms with van der Waals surface area (Å²) in [7, 11) is 0. The fourth-order valence-electron chi connectivity index (χ4n) is 5.18. The Balaban J connectivity index is 1.50. The second-order valence-electron chi connectivity index (χ2n) is 8.09. The lowest BCUT2D eigenvalue weighted by Crippen LogP contribution is -2.57. The number of nitrogens with zero attached hydrogens (tertiary/aromatic N) is 3. The lowest BCUT2D eigenvalue weighted by Gasteiger charge is -2.47. The first kappa shape index (κ1) is 16.1. The van der Waals surface area contributed by atoms with Crippen molar-refractivity contribution in [3.63, 3.8) is 0 Å². The van der Waals surface area contributed by atoms with Crippen molar-refractivity contribution in [1.29, 1.82) is 0 Å². The Hall–Kier alpha value is -1.36. The second kappa shape index (κ2) is 6.51. The van der Waals surface area contributed by atoms with E-state index in [2.05, 4.69) is 15.3 Å². The molecule has 1 aliphatic carbocycles. The van der Waals surface area contributed by atoms with Crippen molar-refractivity contribution >= 4 is 5.91 Å². The van der Waals surface area contributed by atoms with Gasteiger partial charge in [0.1, 0.15) is 5.54 Å². The first-order valence-electron chi connectivity index (χ1n) is 9.75. The van der Waals surface area contributed by atoms with Gasteiger partial charge >= 0.3 is 0 Å². The molecule has 0 atom stereocenters. The van der Waals surface area contributed by atoms with Gasteiger partial charge < -0.3 is 10.2 Å². The van der Waals surface area contributed by atoms with Gasteiger partial charge in [-0.05, 0) is 63.1 Å². The van der Waals surface area contributed by atoms with Crippen molar-refractivity contribution < 1.29 is 4.79 Å². The van der Waals surface area contributed by atoms with E-state index in [-0.39, 0.29) is 0 Å². The standard InChI is InChI=1S/C19H30N4O/c24-17(19(7-12-20-13-8-19)23-14-4-11-21-23)22-15-9-18(10-16-22)5-2-1-3-6-18/h4,11,14,20H,1-3,5-10,12-13,15-16H2. The molecule has 1 aromatic rings. The van der Waals surface area contributed by atoms with Crippen LogP contribution in [0.2, 0.25) is 0 Å². The molecule has 2 saturated heterocycles. The maximum absolute atomic E-state index is 13.5. The normalized spacial score (nSPS) is 26.4. The Morgan fingerprint density at radius 3 is 2.29 bits per heavy atom. The molecule has 1 amide bonds. The van der Waals surface area contributed by atoms with Crippen LogP contribution in [0.15, 0.2) is 18.5 Å². The highest BCUT2D eigenvalue weighted by Crippen LogP contribution is 2.45. The van der Waals surface area contributed by atoms with Crippen LogP contribution in [0.4, 0.5) is 0 Å². The molecule has 1 spiro atoms. The number of hydrogen-bond donors (Lipinski definition) is 1. The zero-order chi connectivity index (χ0) is 16.5. The topological polar surface area (TPSA) is 50.2 Å². The van der Waals surface area contributed by atoms with Crippen molar-refractivity contribution in [2.45, 2.75) is 63.3 Å². The molecule has 0 radical (unpaired) electrons. The molecule has 0 aromatic carbocycles. The van der Waals surface area contributed by atoms with Crippen molar-refractivity contribution in [1.82, 2.24) is 20.0 Å². The SMILES string of the molecule is O=C(N1CCC2(CCCCC2)CC1)C1(n2cccn2)CCNCC1. The quantitative estimate of drug-likeness (QED) is 0.906. The number of carbonyl (C=O) groups excluding carboxylic acids is 1. The summed E-state index contributed by atoms with van der Waals surface area (Å²) in [6, 6.07) is 1.93. The summed E-state index contributed by atoms with van der Waals surface area (Å²) in [5.41, 5.74) is 0.0772. The van der Waals surface area contributed by atoms with Gasteiger partial charge in [0.05, 0.1) is 0 Å². The summed E-state index contributed by atoms with van der Waals surface area (Å²) < 4.78 is 1.93. The highest BCUT2D eigenvalue weighted by Gasteiger charge is 2.46. The second-order valence-corrected chi connectivity index (χ2v) is 8.09. The largest absolute Gasteiger partial charge is 0.341 e. The average molecular weight is 330 g/mol. The molecule has 1 N–H and O–H groups in total. The Labute approximate surface area is 144 Å². The van der Waals surface area contributed by atoms with Crippen LogP contribution in [0.3, 0.4) is 0 Å². The molecule has 3 heterocycles. The predicted octanol–water partition coefficient (Wildman–Crippen LogP) is 2.53. The molecule has 0 unspecified atom stereocenters. The fourth-order valence-corrected chi connectivity index (χ4v) is 5.18. The number of hydrogen-bond acceptors (Lipinski definition) is 3. The number of likely N-dealkylation sites (tertiary alicyclic amines) is 1. The predicted molar refractivity (Wildman–Crippen MR) is 93.6 cm³/mol. The Morgan fingerprint density at radius 1 is 0.958 bits per heavy atom. The third-order valence-corrected chi connectivity index (χ3v) is 6.80. The van der Waals surface area contributed by atoms with Gasteiger partial charge in [0.15, 0.2) is 0 Å².